The fourth-order valence-electron chi connectivity index (χ4n) is 0.720. The van der Waals surface area contributed by atoms with Crippen LogP contribution in [0.3, 0.4) is 0 Å². The molecule has 0 saturated carbocycles. The Morgan fingerprint density at radius 2 is 1.57 bits per heavy atom. The zero-order valence-corrected chi connectivity index (χ0v) is 13.1. The Labute approximate surface area is 90.3 Å². The fraction of sp³-hybridized carbons (Fsp3) is 1.00. The van der Waals surface area contributed by atoms with Crippen LogP contribution in [0.1, 0.15) is 0 Å². The zero-order chi connectivity index (χ0) is 11.4. The predicted molar refractivity (Wildman–Crippen MR) is 67.5 cm³/mol. The summed E-state index contributed by atoms with van der Waals surface area (Å²) in [7, 11) is -5.01. The van der Waals surface area contributed by atoms with Crippen LogP contribution in [0, 0.1) is 0 Å². The van der Waals surface area contributed by atoms with Gasteiger partial charge in [0.1, 0.15) is 0 Å². The van der Waals surface area contributed by atoms with Crippen LogP contribution in [-0.4, -0.2) is 23.0 Å². The summed E-state index contributed by atoms with van der Waals surface area (Å²) in [4.78, 5) is 0. The van der Waals surface area contributed by atoms with E-state index in [9.17, 15) is 4.57 Å². The van der Waals surface area contributed by atoms with Crippen molar-refractivity contribution in [3.8, 4) is 0 Å². The lowest BCUT2D eigenvalue weighted by molar-refractivity contribution is 0.300. The van der Waals surface area contributed by atoms with E-state index >= 15 is 0 Å². The van der Waals surface area contributed by atoms with Gasteiger partial charge in [0.15, 0.2) is 8.32 Å². The Morgan fingerprint density at radius 1 is 1.07 bits per heavy atom. The topological polar surface area (TPSA) is 35.5 Å². The van der Waals surface area contributed by atoms with Crippen molar-refractivity contribution in [1.82, 2.24) is 0 Å². The van der Waals surface area contributed by atoms with Crippen LogP contribution in [0.15, 0.2) is 0 Å². The van der Waals surface area contributed by atoms with Crippen LogP contribution in [0.5, 0.6) is 0 Å². The van der Waals surface area contributed by atoms with Crippen LogP contribution < -0.4 is 0 Å². The molecule has 86 valence electrons. The molecule has 6 heteroatoms. The van der Waals surface area contributed by atoms with Crippen molar-refractivity contribution in [3.05, 3.63) is 0 Å². The highest BCUT2D eigenvalue weighted by Crippen LogP contribution is 2.29. The first-order chi connectivity index (χ1) is 6.10. The molecule has 0 heterocycles. The molecule has 0 aliphatic heterocycles. The van der Waals surface area contributed by atoms with Crippen molar-refractivity contribution in [2.75, 3.05) is 6.61 Å². The van der Waals surface area contributed by atoms with E-state index in [0.717, 1.165) is 6.04 Å². The molecule has 0 rings (SSSR count). The summed E-state index contributed by atoms with van der Waals surface area (Å²) in [5.41, 5.74) is 0. The van der Waals surface area contributed by atoms with E-state index in [1.54, 1.807) is 0 Å². The largest absolute Gasteiger partial charge is 0.353 e. The van der Waals surface area contributed by atoms with Gasteiger partial charge in [-0.25, -0.2) is 0 Å². The Balaban J connectivity index is 3.66. The van der Waals surface area contributed by atoms with Gasteiger partial charge in [-0.15, -0.1) is 0 Å². The van der Waals surface area contributed by atoms with E-state index in [0.29, 0.717) is 6.61 Å². The molecular weight excluding hydrogens is 231 g/mol. The van der Waals surface area contributed by atoms with Gasteiger partial charge in [0.05, 0.1) is 6.61 Å². The van der Waals surface area contributed by atoms with Gasteiger partial charge >= 0.3 is 8.25 Å². The maximum absolute atomic E-state index is 11.3. The third kappa shape index (κ3) is 10.7. The number of rotatable bonds is 6. The Hall–Kier alpha value is 0.584. The Kier molecular flexibility index (Phi) is 5.84. The molecule has 1 unspecified atom stereocenters. The number of hydrogen-bond acceptors (Lipinski definition) is 3. The Bertz CT molecular complexity index is 196. The lowest BCUT2D eigenvalue weighted by Crippen LogP contribution is -2.23. The highest BCUT2D eigenvalue weighted by Gasteiger charge is 2.19. The first-order valence-corrected chi connectivity index (χ1v) is 13.3. The van der Waals surface area contributed by atoms with Gasteiger partial charge in [-0.05, 0) is 25.7 Å². The standard InChI is InChI=1S/C8H23O3PSi2/c1-13(2,3)8-7-10-12(9)11-14(4,5)6/h12H,7-8H2,1-6H3. The van der Waals surface area contributed by atoms with Crippen molar-refractivity contribution in [2.45, 2.75) is 45.3 Å². The summed E-state index contributed by atoms with van der Waals surface area (Å²) in [5, 5.41) is 0. The van der Waals surface area contributed by atoms with Crippen LogP contribution in [0.2, 0.25) is 45.3 Å². The van der Waals surface area contributed by atoms with E-state index in [-0.39, 0.29) is 0 Å². The van der Waals surface area contributed by atoms with Crippen molar-refractivity contribution in [3.63, 3.8) is 0 Å². The Morgan fingerprint density at radius 3 is 1.93 bits per heavy atom. The monoisotopic (exact) mass is 254 g/mol. The van der Waals surface area contributed by atoms with Gasteiger partial charge in [-0.1, -0.05) is 19.6 Å². The molecule has 0 aliphatic carbocycles. The average molecular weight is 254 g/mol. The average Bonchev–Trinajstić information content (AvgIpc) is 1.78. The summed E-state index contributed by atoms with van der Waals surface area (Å²) in [6.07, 6.45) is 0. The molecule has 3 nitrogen and oxygen atoms in total. The number of hydrogen-bond donors (Lipinski definition) is 0. The van der Waals surface area contributed by atoms with Gasteiger partial charge < -0.3 is 8.74 Å². The first-order valence-electron chi connectivity index (χ1n) is 4.96. The molecule has 1 atom stereocenters. The lowest BCUT2D eigenvalue weighted by Gasteiger charge is -2.18. The first kappa shape index (κ1) is 14.6. The molecular formula is C8H23O3PSi2. The van der Waals surface area contributed by atoms with Gasteiger partial charge in [0.25, 0.3) is 0 Å². The minimum atomic E-state index is -2.24. The second kappa shape index (κ2) is 5.61. The van der Waals surface area contributed by atoms with E-state index in [4.69, 9.17) is 8.74 Å². The molecule has 0 spiro atoms. The molecule has 0 aromatic carbocycles. The van der Waals surface area contributed by atoms with Crippen LogP contribution >= 0.6 is 8.25 Å². The maximum Gasteiger partial charge on any atom is 0.309 e. The van der Waals surface area contributed by atoms with E-state index in [1.807, 2.05) is 19.6 Å². The van der Waals surface area contributed by atoms with Gasteiger partial charge in [0.2, 0.25) is 0 Å². The molecule has 0 saturated heterocycles. The van der Waals surface area contributed by atoms with Gasteiger partial charge in [-0.2, -0.15) is 0 Å². The molecule has 0 bridgehead atoms. The summed E-state index contributed by atoms with van der Waals surface area (Å²) in [5.74, 6) is 0. The van der Waals surface area contributed by atoms with Crippen LogP contribution in [0.4, 0.5) is 0 Å². The smallest absolute Gasteiger partial charge is 0.309 e. The highest BCUT2D eigenvalue weighted by atomic mass is 31.1. The molecule has 0 amide bonds. The normalized spacial score (nSPS) is 15.6. The van der Waals surface area contributed by atoms with Crippen molar-refractivity contribution in [2.24, 2.45) is 0 Å². The molecule has 0 aliphatic rings. The van der Waals surface area contributed by atoms with E-state index in [1.165, 1.54) is 0 Å². The summed E-state index contributed by atoms with van der Waals surface area (Å²) < 4.78 is 21.9. The third-order valence-electron chi connectivity index (χ3n) is 1.46. The summed E-state index contributed by atoms with van der Waals surface area (Å²) in [6.45, 7) is 13.4. The van der Waals surface area contributed by atoms with Crippen LogP contribution in [-0.2, 0) is 13.3 Å². The lowest BCUT2D eigenvalue weighted by atomic mass is 10.9. The second-order valence-corrected chi connectivity index (χ2v) is 17.1. The third-order valence-corrected chi connectivity index (χ3v) is 6.72. The maximum atomic E-state index is 11.3. The van der Waals surface area contributed by atoms with E-state index in [2.05, 4.69) is 19.6 Å². The van der Waals surface area contributed by atoms with Crippen molar-refractivity contribution in [1.29, 1.82) is 0 Å². The highest BCUT2D eigenvalue weighted by molar-refractivity contribution is 7.35. The van der Waals surface area contributed by atoms with Crippen molar-refractivity contribution >= 4 is 24.6 Å². The molecule has 0 N–H and O–H groups in total. The van der Waals surface area contributed by atoms with Crippen LogP contribution in [0.25, 0.3) is 0 Å². The fourth-order valence-corrected chi connectivity index (χ4v) is 4.14. The molecule has 0 radical (unpaired) electrons. The quantitative estimate of drug-likeness (QED) is 0.537. The SMILES string of the molecule is C[Si](C)(C)CCO[PH](=O)O[Si](C)(C)C. The summed E-state index contributed by atoms with van der Waals surface area (Å²) in [6, 6.07) is 1.04. The van der Waals surface area contributed by atoms with Gasteiger partial charge in [-0.3, -0.25) is 4.57 Å². The summed E-state index contributed by atoms with van der Waals surface area (Å²) >= 11 is 0. The molecule has 0 fully saturated rings. The molecule has 14 heavy (non-hydrogen) atoms. The van der Waals surface area contributed by atoms with Crippen molar-refractivity contribution < 1.29 is 13.3 Å². The second-order valence-electron chi connectivity index (χ2n) is 5.62. The predicted octanol–water partition coefficient (Wildman–Crippen LogP) is 3.58. The minimum Gasteiger partial charge on any atom is -0.353 e. The zero-order valence-electron chi connectivity index (χ0n) is 10.1. The molecule has 0 aromatic rings. The van der Waals surface area contributed by atoms with Gasteiger partial charge in [0, 0.05) is 8.07 Å². The minimum absolute atomic E-state index is 0.581. The van der Waals surface area contributed by atoms with E-state index < -0.39 is 24.6 Å². The molecule has 0 aromatic heterocycles.